The van der Waals surface area contributed by atoms with Gasteiger partial charge in [-0.25, -0.2) is 12.7 Å². The topological polar surface area (TPSA) is 55.8 Å². The van der Waals surface area contributed by atoms with Gasteiger partial charge in [0.25, 0.3) is 0 Å². The van der Waals surface area contributed by atoms with E-state index in [1.165, 1.54) is 4.31 Å². The Morgan fingerprint density at radius 3 is 2.24 bits per heavy atom. The standard InChI is InChI=1S/C15H21NO4S/c1-14(2)19-11-15(12-20-14)9-16(10-15)21(17,18)8-13-6-4-3-5-7-13/h3-7H,8-12H2,1-2H3. The number of sulfonamides is 1. The van der Waals surface area contributed by atoms with E-state index in [0.717, 1.165) is 5.56 Å². The minimum Gasteiger partial charge on any atom is -0.350 e. The summed E-state index contributed by atoms with van der Waals surface area (Å²) in [4.78, 5) is 0. The summed E-state index contributed by atoms with van der Waals surface area (Å²) in [6.07, 6.45) is 0. The van der Waals surface area contributed by atoms with Crippen molar-refractivity contribution in [2.75, 3.05) is 26.3 Å². The SMILES string of the molecule is CC1(C)OCC2(CO1)CN(S(=O)(=O)Cc1ccccc1)C2. The Bertz CT molecular complexity index is 594. The van der Waals surface area contributed by atoms with Crippen molar-refractivity contribution in [3.05, 3.63) is 35.9 Å². The van der Waals surface area contributed by atoms with Gasteiger partial charge in [0, 0.05) is 18.5 Å². The molecular weight excluding hydrogens is 290 g/mol. The third kappa shape index (κ3) is 3.13. The van der Waals surface area contributed by atoms with Crippen molar-refractivity contribution in [3.8, 4) is 0 Å². The Balaban J connectivity index is 1.61. The smallest absolute Gasteiger partial charge is 0.218 e. The number of nitrogens with zero attached hydrogens (tertiary/aromatic N) is 1. The lowest BCUT2D eigenvalue weighted by Gasteiger charge is -2.53. The Morgan fingerprint density at radius 1 is 1.10 bits per heavy atom. The van der Waals surface area contributed by atoms with Crippen molar-refractivity contribution >= 4 is 10.0 Å². The molecule has 0 amide bonds. The van der Waals surface area contributed by atoms with Crippen molar-refractivity contribution in [1.82, 2.24) is 4.31 Å². The van der Waals surface area contributed by atoms with E-state index in [2.05, 4.69) is 0 Å². The van der Waals surface area contributed by atoms with Crippen LogP contribution in [0, 0.1) is 5.41 Å². The van der Waals surface area contributed by atoms with Crippen molar-refractivity contribution in [3.63, 3.8) is 0 Å². The van der Waals surface area contributed by atoms with E-state index >= 15 is 0 Å². The molecule has 2 aliphatic rings. The normalized spacial score (nSPS) is 24.7. The van der Waals surface area contributed by atoms with Gasteiger partial charge < -0.3 is 9.47 Å². The second-order valence-electron chi connectivity index (χ2n) is 6.49. The maximum atomic E-state index is 12.4. The fourth-order valence-corrected chi connectivity index (χ4v) is 4.43. The highest BCUT2D eigenvalue weighted by Crippen LogP contribution is 2.39. The Labute approximate surface area is 125 Å². The van der Waals surface area contributed by atoms with Gasteiger partial charge in [-0.3, -0.25) is 0 Å². The number of hydrogen-bond donors (Lipinski definition) is 0. The molecular formula is C15H21NO4S. The second-order valence-corrected chi connectivity index (χ2v) is 8.46. The molecule has 0 saturated carbocycles. The molecule has 1 aromatic carbocycles. The lowest BCUT2D eigenvalue weighted by molar-refractivity contribution is -0.299. The number of benzene rings is 1. The van der Waals surface area contributed by atoms with Crippen molar-refractivity contribution in [1.29, 1.82) is 0 Å². The molecule has 2 fully saturated rings. The summed E-state index contributed by atoms with van der Waals surface area (Å²) < 4.78 is 37.6. The minimum absolute atomic E-state index is 0.0527. The summed E-state index contributed by atoms with van der Waals surface area (Å²) in [5.74, 6) is -0.508. The summed E-state index contributed by atoms with van der Waals surface area (Å²) in [6.45, 7) is 5.83. The average molecular weight is 311 g/mol. The predicted octanol–water partition coefficient (Wildman–Crippen LogP) is 1.60. The molecule has 5 nitrogen and oxygen atoms in total. The lowest BCUT2D eigenvalue weighted by Crippen LogP contribution is -2.65. The van der Waals surface area contributed by atoms with Gasteiger partial charge in [-0.15, -0.1) is 0 Å². The van der Waals surface area contributed by atoms with E-state index in [0.29, 0.717) is 26.3 Å². The summed E-state index contributed by atoms with van der Waals surface area (Å²) in [6, 6.07) is 9.26. The molecule has 0 aliphatic carbocycles. The van der Waals surface area contributed by atoms with Gasteiger partial charge in [0.2, 0.25) is 10.0 Å². The van der Waals surface area contributed by atoms with Gasteiger partial charge in [0.05, 0.1) is 19.0 Å². The monoisotopic (exact) mass is 311 g/mol. The van der Waals surface area contributed by atoms with Gasteiger partial charge in [0.1, 0.15) is 0 Å². The van der Waals surface area contributed by atoms with Crippen LogP contribution in [0.5, 0.6) is 0 Å². The third-order valence-electron chi connectivity index (χ3n) is 4.06. The van der Waals surface area contributed by atoms with Crippen LogP contribution in [0.3, 0.4) is 0 Å². The molecule has 1 spiro atoms. The van der Waals surface area contributed by atoms with Crippen molar-refractivity contribution in [2.45, 2.75) is 25.4 Å². The molecule has 0 N–H and O–H groups in total. The number of rotatable bonds is 3. The van der Waals surface area contributed by atoms with Gasteiger partial charge in [0.15, 0.2) is 5.79 Å². The summed E-state index contributed by atoms with van der Waals surface area (Å²) in [5.41, 5.74) is 0.648. The molecule has 3 rings (SSSR count). The van der Waals surface area contributed by atoms with E-state index < -0.39 is 15.8 Å². The van der Waals surface area contributed by atoms with E-state index in [1.807, 2.05) is 44.2 Å². The third-order valence-corrected chi connectivity index (χ3v) is 5.80. The van der Waals surface area contributed by atoms with Crippen molar-refractivity contribution < 1.29 is 17.9 Å². The minimum atomic E-state index is -3.26. The van der Waals surface area contributed by atoms with Crippen LogP contribution in [-0.4, -0.2) is 44.8 Å². The molecule has 0 atom stereocenters. The fourth-order valence-electron chi connectivity index (χ4n) is 2.69. The highest BCUT2D eigenvalue weighted by atomic mass is 32.2. The van der Waals surface area contributed by atoms with E-state index in [4.69, 9.17) is 9.47 Å². The van der Waals surface area contributed by atoms with Crippen LogP contribution in [0.25, 0.3) is 0 Å². The van der Waals surface area contributed by atoms with Crippen LogP contribution >= 0.6 is 0 Å². The highest BCUT2D eigenvalue weighted by Gasteiger charge is 2.52. The molecule has 116 valence electrons. The first-order valence-corrected chi connectivity index (χ1v) is 8.71. The molecule has 1 aromatic rings. The quantitative estimate of drug-likeness (QED) is 0.851. The number of hydrogen-bond acceptors (Lipinski definition) is 4. The van der Waals surface area contributed by atoms with Gasteiger partial charge >= 0.3 is 0 Å². The first-order valence-electron chi connectivity index (χ1n) is 7.10. The van der Waals surface area contributed by atoms with Crippen LogP contribution in [-0.2, 0) is 25.2 Å². The van der Waals surface area contributed by atoms with E-state index in [9.17, 15) is 8.42 Å². The van der Waals surface area contributed by atoms with Crippen LogP contribution in [0.15, 0.2) is 30.3 Å². The molecule has 0 radical (unpaired) electrons. The fraction of sp³-hybridized carbons (Fsp3) is 0.600. The molecule has 2 heterocycles. The summed E-state index contributed by atoms with van der Waals surface area (Å²) in [7, 11) is -3.26. The zero-order chi connectivity index (χ0) is 15.1. The molecule has 21 heavy (non-hydrogen) atoms. The van der Waals surface area contributed by atoms with Crippen LogP contribution in [0.2, 0.25) is 0 Å². The summed E-state index contributed by atoms with van der Waals surface area (Å²) in [5, 5.41) is 0. The zero-order valence-electron chi connectivity index (χ0n) is 12.4. The zero-order valence-corrected chi connectivity index (χ0v) is 13.2. The van der Waals surface area contributed by atoms with E-state index in [-0.39, 0.29) is 11.2 Å². The first kappa shape index (κ1) is 15.0. The maximum Gasteiger partial charge on any atom is 0.218 e. The molecule has 2 saturated heterocycles. The van der Waals surface area contributed by atoms with Gasteiger partial charge in [-0.05, 0) is 19.4 Å². The Morgan fingerprint density at radius 2 is 1.67 bits per heavy atom. The van der Waals surface area contributed by atoms with E-state index in [1.54, 1.807) is 0 Å². The number of ether oxygens (including phenoxy) is 2. The largest absolute Gasteiger partial charge is 0.350 e. The maximum absolute atomic E-state index is 12.4. The van der Waals surface area contributed by atoms with Crippen LogP contribution in [0.1, 0.15) is 19.4 Å². The molecule has 6 heteroatoms. The molecule has 2 aliphatic heterocycles. The van der Waals surface area contributed by atoms with Crippen LogP contribution in [0.4, 0.5) is 0 Å². The van der Waals surface area contributed by atoms with Crippen LogP contribution < -0.4 is 0 Å². The lowest BCUT2D eigenvalue weighted by atomic mass is 9.82. The predicted molar refractivity (Wildman–Crippen MR) is 79.1 cm³/mol. The molecule has 0 unspecified atom stereocenters. The average Bonchev–Trinajstić information content (AvgIpc) is 2.37. The van der Waals surface area contributed by atoms with Gasteiger partial charge in [-0.2, -0.15) is 0 Å². The molecule has 0 bridgehead atoms. The summed E-state index contributed by atoms with van der Waals surface area (Å²) >= 11 is 0. The van der Waals surface area contributed by atoms with Gasteiger partial charge in [-0.1, -0.05) is 30.3 Å². The Hall–Kier alpha value is -0.950. The van der Waals surface area contributed by atoms with Crippen molar-refractivity contribution in [2.24, 2.45) is 5.41 Å². The Kier molecular flexibility index (Phi) is 3.60. The molecule has 0 aromatic heterocycles. The highest BCUT2D eigenvalue weighted by molar-refractivity contribution is 7.88. The first-order chi connectivity index (χ1) is 9.80. The second kappa shape index (κ2) is 5.05.